The highest BCUT2D eigenvalue weighted by Gasteiger charge is 2.07. The number of nitrogens with zero attached hydrogens (tertiary/aromatic N) is 2. The van der Waals surface area contributed by atoms with Crippen LogP contribution in [0.1, 0.15) is 18.4 Å². The van der Waals surface area contributed by atoms with E-state index in [9.17, 15) is 14.4 Å². The average molecular weight is 378 g/mol. The number of rotatable bonds is 8. The molecular formula is C21H22N4O3. The van der Waals surface area contributed by atoms with E-state index in [1.807, 2.05) is 36.4 Å². The minimum absolute atomic E-state index is 0.0663. The molecule has 0 saturated heterocycles. The molecule has 2 N–H and O–H groups in total. The van der Waals surface area contributed by atoms with Gasteiger partial charge in [-0.15, -0.1) is 0 Å². The molecule has 0 bridgehead atoms. The summed E-state index contributed by atoms with van der Waals surface area (Å²) in [5.41, 5.74) is 1.53. The molecule has 3 aromatic rings. The van der Waals surface area contributed by atoms with Gasteiger partial charge >= 0.3 is 0 Å². The van der Waals surface area contributed by atoms with Crippen LogP contribution >= 0.6 is 0 Å². The summed E-state index contributed by atoms with van der Waals surface area (Å²) in [4.78, 5) is 40.4. The lowest BCUT2D eigenvalue weighted by Gasteiger charge is -2.08. The number of hydrogen-bond acceptors (Lipinski definition) is 4. The molecule has 7 nitrogen and oxygen atoms in total. The van der Waals surface area contributed by atoms with Gasteiger partial charge in [0.1, 0.15) is 0 Å². The minimum Gasteiger partial charge on any atom is -0.350 e. The Kier molecular flexibility index (Phi) is 6.51. The molecule has 0 saturated carbocycles. The van der Waals surface area contributed by atoms with Gasteiger partial charge in [0.05, 0.1) is 23.8 Å². The number of benzene rings is 2. The molecule has 3 rings (SSSR count). The Morgan fingerprint density at radius 1 is 0.929 bits per heavy atom. The second kappa shape index (κ2) is 9.45. The Hall–Kier alpha value is -3.48. The number of fused-ring (bicyclic) bond motifs is 1. The first kappa shape index (κ1) is 19.3. The van der Waals surface area contributed by atoms with Crippen LogP contribution in [0.25, 0.3) is 10.9 Å². The van der Waals surface area contributed by atoms with Gasteiger partial charge in [-0.25, -0.2) is 4.98 Å². The number of aromatic nitrogens is 2. The van der Waals surface area contributed by atoms with Crippen molar-refractivity contribution in [3.05, 3.63) is 76.8 Å². The predicted octanol–water partition coefficient (Wildman–Crippen LogP) is 1.61. The van der Waals surface area contributed by atoms with E-state index in [1.165, 1.54) is 10.9 Å². The van der Waals surface area contributed by atoms with Gasteiger partial charge in [-0.2, -0.15) is 0 Å². The van der Waals surface area contributed by atoms with Crippen molar-refractivity contribution < 1.29 is 9.59 Å². The molecule has 28 heavy (non-hydrogen) atoms. The average Bonchev–Trinajstić information content (AvgIpc) is 2.73. The van der Waals surface area contributed by atoms with Crippen molar-refractivity contribution in [2.24, 2.45) is 0 Å². The Labute approximate surface area is 162 Å². The zero-order chi connectivity index (χ0) is 19.8. The van der Waals surface area contributed by atoms with Crippen molar-refractivity contribution in [3.8, 4) is 0 Å². The predicted molar refractivity (Wildman–Crippen MR) is 107 cm³/mol. The van der Waals surface area contributed by atoms with Gasteiger partial charge in [0.15, 0.2) is 0 Å². The monoisotopic (exact) mass is 378 g/mol. The summed E-state index contributed by atoms with van der Waals surface area (Å²) in [6.07, 6.45) is 2.21. The van der Waals surface area contributed by atoms with E-state index in [0.29, 0.717) is 30.4 Å². The summed E-state index contributed by atoms with van der Waals surface area (Å²) in [6, 6.07) is 16.7. The molecule has 0 unspecified atom stereocenters. The quantitative estimate of drug-likeness (QED) is 0.623. The standard InChI is InChI=1S/C21H22N4O3/c26-19(23-14-20(27)22-13-16-7-2-1-3-8-16)11-6-12-25-15-24-18-10-5-4-9-17(18)21(25)28/h1-5,7-10,15H,6,11-14H2,(H,22,27)(H,23,26). The number of carbonyl (C=O) groups excluding carboxylic acids is 2. The molecule has 0 radical (unpaired) electrons. The Morgan fingerprint density at radius 3 is 2.50 bits per heavy atom. The van der Waals surface area contributed by atoms with Crippen molar-refractivity contribution in [1.29, 1.82) is 0 Å². The molecule has 1 heterocycles. The third-order valence-electron chi connectivity index (χ3n) is 4.31. The zero-order valence-corrected chi connectivity index (χ0v) is 15.4. The lowest BCUT2D eigenvalue weighted by atomic mass is 10.2. The van der Waals surface area contributed by atoms with Crippen LogP contribution in [0.3, 0.4) is 0 Å². The first-order valence-electron chi connectivity index (χ1n) is 9.15. The summed E-state index contributed by atoms with van der Waals surface area (Å²) < 4.78 is 1.50. The van der Waals surface area contributed by atoms with Crippen LogP contribution in [0.5, 0.6) is 0 Å². The van der Waals surface area contributed by atoms with E-state index in [-0.39, 0.29) is 30.3 Å². The summed E-state index contributed by atoms with van der Waals surface area (Å²) in [6.45, 7) is 0.751. The minimum atomic E-state index is -0.243. The van der Waals surface area contributed by atoms with Crippen LogP contribution in [-0.4, -0.2) is 27.9 Å². The van der Waals surface area contributed by atoms with Gasteiger partial charge in [-0.1, -0.05) is 42.5 Å². The molecule has 0 aliphatic carbocycles. The SMILES string of the molecule is O=C(CCCn1cnc2ccccc2c1=O)NCC(=O)NCc1ccccc1. The van der Waals surface area contributed by atoms with Gasteiger partial charge < -0.3 is 10.6 Å². The number of nitrogens with one attached hydrogen (secondary N) is 2. The highest BCUT2D eigenvalue weighted by Crippen LogP contribution is 2.05. The first-order valence-corrected chi connectivity index (χ1v) is 9.15. The summed E-state index contributed by atoms with van der Waals surface area (Å²) >= 11 is 0. The van der Waals surface area contributed by atoms with Gasteiger partial charge in [-0.05, 0) is 24.1 Å². The molecule has 0 atom stereocenters. The molecule has 144 valence electrons. The summed E-state index contributed by atoms with van der Waals surface area (Å²) in [7, 11) is 0. The molecule has 2 amide bonds. The van der Waals surface area contributed by atoms with Crippen LogP contribution in [0.2, 0.25) is 0 Å². The second-order valence-corrected chi connectivity index (χ2v) is 6.40. The Morgan fingerprint density at radius 2 is 1.68 bits per heavy atom. The highest BCUT2D eigenvalue weighted by molar-refractivity contribution is 5.84. The smallest absolute Gasteiger partial charge is 0.261 e. The molecule has 0 aliphatic rings. The molecule has 2 aromatic carbocycles. The molecular weight excluding hydrogens is 356 g/mol. The summed E-state index contributed by atoms with van der Waals surface area (Å²) in [5, 5.41) is 5.91. The molecule has 7 heteroatoms. The lowest BCUT2D eigenvalue weighted by Crippen LogP contribution is -2.36. The largest absolute Gasteiger partial charge is 0.350 e. The highest BCUT2D eigenvalue weighted by atomic mass is 16.2. The van der Waals surface area contributed by atoms with E-state index in [2.05, 4.69) is 15.6 Å². The van der Waals surface area contributed by atoms with Gasteiger partial charge in [0, 0.05) is 19.5 Å². The van der Waals surface area contributed by atoms with Crippen molar-refractivity contribution in [2.75, 3.05) is 6.54 Å². The van der Waals surface area contributed by atoms with Crippen molar-refractivity contribution in [3.63, 3.8) is 0 Å². The van der Waals surface area contributed by atoms with Gasteiger partial charge in [-0.3, -0.25) is 19.0 Å². The van der Waals surface area contributed by atoms with Crippen LogP contribution in [0.4, 0.5) is 0 Å². The Bertz CT molecular complexity index is 1010. The van der Waals surface area contributed by atoms with E-state index < -0.39 is 0 Å². The number of aryl methyl sites for hydroxylation is 1. The topological polar surface area (TPSA) is 93.1 Å². The van der Waals surface area contributed by atoms with E-state index in [1.54, 1.807) is 18.2 Å². The van der Waals surface area contributed by atoms with E-state index >= 15 is 0 Å². The third kappa shape index (κ3) is 5.26. The fourth-order valence-corrected chi connectivity index (χ4v) is 2.80. The van der Waals surface area contributed by atoms with E-state index in [4.69, 9.17) is 0 Å². The molecule has 0 spiro atoms. The summed E-state index contributed by atoms with van der Waals surface area (Å²) in [5.74, 6) is -0.469. The molecule has 1 aromatic heterocycles. The van der Waals surface area contributed by atoms with Crippen molar-refractivity contribution in [2.45, 2.75) is 25.9 Å². The van der Waals surface area contributed by atoms with E-state index in [0.717, 1.165) is 5.56 Å². The fourth-order valence-electron chi connectivity index (χ4n) is 2.80. The zero-order valence-electron chi connectivity index (χ0n) is 15.4. The van der Waals surface area contributed by atoms with Crippen LogP contribution < -0.4 is 16.2 Å². The maximum absolute atomic E-state index is 12.4. The maximum Gasteiger partial charge on any atom is 0.261 e. The second-order valence-electron chi connectivity index (χ2n) is 6.40. The van der Waals surface area contributed by atoms with Gasteiger partial charge in [0.2, 0.25) is 11.8 Å². The molecule has 0 fully saturated rings. The fraction of sp³-hybridized carbons (Fsp3) is 0.238. The third-order valence-corrected chi connectivity index (χ3v) is 4.31. The van der Waals surface area contributed by atoms with Crippen LogP contribution in [0, 0.1) is 0 Å². The lowest BCUT2D eigenvalue weighted by molar-refractivity contribution is -0.126. The van der Waals surface area contributed by atoms with Crippen LogP contribution in [0.15, 0.2) is 65.7 Å². The number of amides is 2. The number of hydrogen-bond donors (Lipinski definition) is 2. The number of carbonyl (C=O) groups is 2. The first-order chi connectivity index (χ1) is 13.6. The normalized spacial score (nSPS) is 10.6. The van der Waals surface area contributed by atoms with Crippen molar-refractivity contribution >= 4 is 22.7 Å². The maximum atomic E-state index is 12.4. The Balaban J connectivity index is 1.39. The molecule has 0 aliphatic heterocycles. The number of para-hydroxylation sites is 1. The van der Waals surface area contributed by atoms with Crippen LogP contribution in [-0.2, 0) is 22.7 Å². The van der Waals surface area contributed by atoms with Crippen molar-refractivity contribution in [1.82, 2.24) is 20.2 Å². The van der Waals surface area contributed by atoms with Gasteiger partial charge in [0.25, 0.3) is 5.56 Å².